The second-order valence-electron chi connectivity index (χ2n) is 7.02. The van der Waals surface area contributed by atoms with Gasteiger partial charge in [0.05, 0.1) is 26.9 Å². The molecule has 1 aromatic carbocycles. The van der Waals surface area contributed by atoms with Crippen LogP contribution in [0.5, 0.6) is 0 Å². The molecule has 0 radical (unpaired) electrons. The summed E-state index contributed by atoms with van der Waals surface area (Å²) in [6.07, 6.45) is 3.46. The van der Waals surface area contributed by atoms with E-state index in [1.54, 1.807) is 17.4 Å². The van der Waals surface area contributed by atoms with Crippen LogP contribution in [0.3, 0.4) is 0 Å². The van der Waals surface area contributed by atoms with Crippen molar-refractivity contribution in [2.75, 3.05) is 13.1 Å². The molecule has 4 aromatic rings. The summed E-state index contributed by atoms with van der Waals surface area (Å²) in [4.78, 5) is 37.0. The Hall–Kier alpha value is -2.58. The molecular weight excluding hydrogens is 392 g/mol. The highest BCUT2D eigenvalue weighted by molar-refractivity contribution is 7.18. The Labute approximate surface area is 169 Å². The molecule has 1 amide bonds. The van der Waals surface area contributed by atoms with Crippen molar-refractivity contribution in [3.8, 4) is 0 Å². The summed E-state index contributed by atoms with van der Waals surface area (Å²) in [5, 5.41) is 3.52. The Morgan fingerprint density at radius 2 is 2.14 bits per heavy atom. The van der Waals surface area contributed by atoms with Gasteiger partial charge in [-0.1, -0.05) is 12.1 Å². The third kappa shape index (κ3) is 3.12. The number of rotatable bonds is 3. The van der Waals surface area contributed by atoms with E-state index in [0.717, 1.165) is 29.9 Å². The number of nitrogens with zero attached hydrogens (tertiary/aromatic N) is 4. The predicted molar refractivity (Wildman–Crippen MR) is 112 cm³/mol. The molecule has 1 atom stereocenters. The van der Waals surface area contributed by atoms with Gasteiger partial charge in [-0.05, 0) is 36.4 Å². The standard InChI is InChI=1S/C20H18N4O2S2/c25-17(11-24-12-21-19-14(20(24)26)7-9-27-19)23-8-3-4-13(10-23)18-22-15-5-1-2-6-16(15)28-18/h1-2,5-7,9,12-13H,3-4,8,10-11H2/t13-/m0/s1. The molecule has 1 aliphatic rings. The minimum atomic E-state index is -0.153. The van der Waals surface area contributed by atoms with Gasteiger partial charge in [-0.2, -0.15) is 0 Å². The van der Waals surface area contributed by atoms with E-state index in [-0.39, 0.29) is 23.9 Å². The van der Waals surface area contributed by atoms with E-state index in [2.05, 4.69) is 11.1 Å². The number of thiazole rings is 1. The number of thiophene rings is 1. The number of likely N-dealkylation sites (tertiary alicyclic amines) is 1. The lowest BCUT2D eigenvalue weighted by Crippen LogP contribution is -2.42. The van der Waals surface area contributed by atoms with Crippen LogP contribution in [0.4, 0.5) is 0 Å². The van der Waals surface area contributed by atoms with Crippen LogP contribution in [0, 0.1) is 0 Å². The molecule has 28 heavy (non-hydrogen) atoms. The first kappa shape index (κ1) is 17.5. The summed E-state index contributed by atoms with van der Waals surface area (Å²) in [5.41, 5.74) is 0.868. The predicted octanol–water partition coefficient (Wildman–Crippen LogP) is 3.47. The van der Waals surface area contributed by atoms with Gasteiger partial charge in [0.1, 0.15) is 11.4 Å². The highest BCUT2D eigenvalue weighted by Crippen LogP contribution is 2.33. The monoisotopic (exact) mass is 410 g/mol. The van der Waals surface area contributed by atoms with E-state index in [4.69, 9.17) is 4.98 Å². The highest BCUT2D eigenvalue weighted by atomic mass is 32.1. The molecule has 0 spiro atoms. The number of piperidine rings is 1. The van der Waals surface area contributed by atoms with Gasteiger partial charge >= 0.3 is 0 Å². The molecule has 0 unspecified atom stereocenters. The number of benzene rings is 1. The average molecular weight is 411 g/mol. The lowest BCUT2D eigenvalue weighted by molar-refractivity contribution is -0.133. The van der Waals surface area contributed by atoms with Crippen molar-refractivity contribution < 1.29 is 4.79 Å². The Morgan fingerprint density at radius 3 is 3.04 bits per heavy atom. The zero-order valence-corrected chi connectivity index (χ0v) is 16.7. The molecule has 5 rings (SSSR count). The number of hydrogen-bond acceptors (Lipinski definition) is 6. The smallest absolute Gasteiger partial charge is 0.262 e. The Balaban J connectivity index is 1.34. The molecule has 0 N–H and O–H groups in total. The molecule has 142 valence electrons. The van der Waals surface area contributed by atoms with Gasteiger partial charge < -0.3 is 4.90 Å². The van der Waals surface area contributed by atoms with Crippen LogP contribution < -0.4 is 5.56 Å². The van der Waals surface area contributed by atoms with Gasteiger partial charge in [-0.15, -0.1) is 22.7 Å². The maximum Gasteiger partial charge on any atom is 0.262 e. The molecule has 0 bridgehead atoms. The van der Waals surface area contributed by atoms with E-state index in [1.165, 1.54) is 26.9 Å². The largest absolute Gasteiger partial charge is 0.340 e. The molecule has 0 aliphatic carbocycles. The highest BCUT2D eigenvalue weighted by Gasteiger charge is 2.27. The van der Waals surface area contributed by atoms with Crippen molar-refractivity contribution in [2.24, 2.45) is 0 Å². The Morgan fingerprint density at radius 1 is 1.25 bits per heavy atom. The molecule has 8 heteroatoms. The van der Waals surface area contributed by atoms with Crippen LogP contribution in [0.2, 0.25) is 0 Å². The number of carbonyl (C=O) groups excluding carboxylic acids is 1. The van der Waals surface area contributed by atoms with Crippen LogP contribution in [0.15, 0.2) is 46.8 Å². The zero-order valence-electron chi connectivity index (χ0n) is 15.1. The van der Waals surface area contributed by atoms with Crippen LogP contribution in [0.25, 0.3) is 20.4 Å². The fourth-order valence-corrected chi connectivity index (χ4v) is 5.54. The van der Waals surface area contributed by atoms with Gasteiger partial charge in [0.2, 0.25) is 5.91 Å². The number of para-hydroxylation sites is 1. The van der Waals surface area contributed by atoms with Crippen molar-refractivity contribution in [1.29, 1.82) is 0 Å². The van der Waals surface area contributed by atoms with Gasteiger partial charge in [0.15, 0.2) is 0 Å². The number of hydrogen-bond donors (Lipinski definition) is 0. The minimum absolute atomic E-state index is 0.0319. The van der Waals surface area contributed by atoms with Crippen molar-refractivity contribution >= 4 is 49.0 Å². The van der Waals surface area contributed by atoms with E-state index < -0.39 is 0 Å². The summed E-state index contributed by atoms with van der Waals surface area (Å²) in [7, 11) is 0. The number of carbonyl (C=O) groups is 1. The second kappa shape index (κ2) is 7.10. The molecule has 3 aromatic heterocycles. The maximum absolute atomic E-state index is 12.9. The fourth-order valence-electron chi connectivity index (χ4n) is 3.72. The van der Waals surface area contributed by atoms with E-state index in [0.29, 0.717) is 16.8 Å². The third-order valence-electron chi connectivity index (χ3n) is 5.19. The third-order valence-corrected chi connectivity index (χ3v) is 7.21. The molecule has 6 nitrogen and oxygen atoms in total. The molecule has 1 saturated heterocycles. The minimum Gasteiger partial charge on any atom is -0.340 e. The van der Waals surface area contributed by atoms with Gasteiger partial charge in [-0.3, -0.25) is 14.2 Å². The van der Waals surface area contributed by atoms with Crippen molar-refractivity contribution in [2.45, 2.75) is 25.3 Å². The van der Waals surface area contributed by atoms with Gasteiger partial charge in [-0.25, -0.2) is 9.97 Å². The molecule has 4 heterocycles. The molecule has 1 fully saturated rings. The molecule has 0 saturated carbocycles. The number of aromatic nitrogens is 3. The first-order chi connectivity index (χ1) is 13.7. The van der Waals surface area contributed by atoms with Gasteiger partial charge in [0.25, 0.3) is 5.56 Å². The first-order valence-corrected chi connectivity index (χ1v) is 10.9. The van der Waals surface area contributed by atoms with Crippen LogP contribution in [-0.2, 0) is 11.3 Å². The molecule has 1 aliphatic heterocycles. The van der Waals surface area contributed by atoms with Gasteiger partial charge in [0, 0.05) is 19.0 Å². The van der Waals surface area contributed by atoms with Crippen LogP contribution in [-0.4, -0.2) is 38.4 Å². The topological polar surface area (TPSA) is 68.1 Å². The van der Waals surface area contributed by atoms with E-state index in [1.807, 2.05) is 28.5 Å². The average Bonchev–Trinajstić information content (AvgIpc) is 3.37. The fraction of sp³-hybridized carbons (Fsp3) is 0.300. The van der Waals surface area contributed by atoms with Crippen LogP contribution >= 0.6 is 22.7 Å². The summed E-state index contributed by atoms with van der Waals surface area (Å²) in [6.45, 7) is 1.41. The lowest BCUT2D eigenvalue weighted by Gasteiger charge is -2.32. The van der Waals surface area contributed by atoms with E-state index in [9.17, 15) is 9.59 Å². The SMILES string of the molecule is O=C(Cn1cnc2sccc2c1=O)N1CCC[C@H](c2nc3ccccc3s2)C1. The van der Waals surface area contributed by atoms with Crippen molar-refractivity contribution in [3.05, 3.63) is 57.4 Å². The summed E-state index contributed by atoms with van der Waals surface area (Å²) in [5.74, 6) is 0.216. The van der Waals surface area contributed by atoms with E-state index >= 15 is 0 Å². The summed E-state index contributed by atoms with van der Waals surface area (Å²) in [6, 6.07) is 9.90. The maximum atomic E-state index is 12.9. The number of amides is 1. The summed E-state index contributed by atoms with van der Waals surface area (Å²) >= 11 is 3.14. The first-order valence-electron chi connectivity index (χ1n) is 9.25. The zero-order chi connectivity index (χ0) is 19.1. The molecular formula is C20H18N4O2S2. The second-order valence-corrected chi connectivity index (χ2v) is 8.97. The van der Waals surface area contributed by atoms with Crippen LogP contribution in [0.1, 0.15) is 23.8 Å². The number of fused-ring (bicyclic) bond motifs is 2. The Kier molecular flexibility index (Phi) is 4.44. The van der Waals surface area contributed by atoms with Crippen molar-refractivity contribution in [3.63, 3.8) is 0 Å². The normalized spacial score (nSPS) is 17.4. The summed E-state index contributed by atoms with van der Waals surface area (Å²) < 4.78 is 2.60. The lowest BCUT2D eigenvalue weighted by atomic mass is 9.98. The van der Waals surface area contributed by atoms with Crippen molar-refractivity contribution in [1.82, 2.24) is 19.4 Å². The quantitative estimate of drug-likeness (QED) is 0.519. The Bertz CT molecular complexity index is 1190.